The first-order valence-corrected chi connectivity index (χ1v) is 2.79. The smallest absolute Gasteiger partial charge is 0.185 e. The van der Waals surface area contributed by atoms with E-state index in [1.165, 1.54) is 6.07 Å². The lowest BCUT2D eigenvalue weighted by atomic mass is 10.3. The van der Waals surface area contributed by atoms with Crippen LogP contribution in [0.2, 0.25) is 0 Å². The minimum Gasteiger partial charge on any atom is -0.458 e. The standard InChI is InChI=1S/C7H6O3/c1-5-2-6(9)3-7(4-8)10-5/h2-4H,1H3. The van der Waals surface area contributed by atoms with Gasteiger partial charge in [0.2, 0.25) is 0 Å². The lowest BCUT2D eigenvalue weighted by molar-refractivity contribution is 0.109. The van der Waals surface area contributed by atoms with Crippen LogP contribution < -0.4 is 5.43 Å². The van der Waals surface area contributed by atoms with Gasteiger partial charge < -0.3 is 4.42 Å². The second-order valence-corrected chi connectivity index (χ2v) is 1.92. The second kappa shape index (κ2) is 2.47. The summed E-state index contributed by atoms with van der Waals surface area (Å²) in [4.78, 5) is 20.7. The molecule has 0 spiro atoms. The van der Waals surface area contributed by atoms with Gasteiger partial charge in [0.05, 0.1) is 0 Å². The average Bonchev–Trinajstić information content (AvgIpc) is 1.85. The van der Waals surface area contributed by atoms with Crippen molar-refractivity contribution in [2.45, 2.75) is 6.92 Å². The first-order valence-electron chi connectivity index (χ1n) is 2.79. The van der Waals surface area contributed by atoms with Gasteiger partial charge in [0, 0.05) is 12.1 Å². The van der Waals surface area contributed by atoms with Crippen molar-refractivity contribution < 1.29 is 9.21 Å². The third kappa shape index (κ3) is 1.31. The highest BCUT2D eigenvalue weighted by molar-refractivity contribution is 5.69. The van der Waals surface area contributed by atoms with Crippen LogP contribution in [0.25, 0.3) is 0 Å². The predicted molar refractivity (Wildman–Crippen MR) is 35.1 cm³/mol. The van der Waals surface area contributed by atoms with Gasteiger partial charge in [-0.15, -0.1) is 0 Å². The van der Waals surface area contributed by atoms with Crippen LogP contribution in [-0.2, 0) is 0 Å². The Balaban J connectivity index is 3.32. The zero-order valence-corrected chi connectivity index (χ0v) is 5.46. The van der Waals surface area contributed by atoms with Gasteiger partial charge in [0.1, 0.15) is 5.76 Å². The number of aryl methyl sites for hydroxylation is 1. The molecule has 0 saturated heterocycles. The summed E-state index contributed by atoms with van der Waals surface area (Å²) in [5.74, 6) is 0.527. The molecule has 3 nitrogen and oxygen atoms in total. The molecule has 0 aliphatic heterocycles. The molecule has 0 aliphatic rings. The minimum atomic E-state index is -0.203. The molecule has 0 amide bonds. The highest BCUT2D eigenvalue weighted by Gasteiger charge is 1.94. The summed E-state index contributed by atoms with van der Waals surface area (Å²) in [6.07, 6.45) is 0.508. The van der Waals surface area contributed by atoms with Crippen molar-refractivity contribution in [1.29, 1.82) is 0 Å². The van der Waals surface area contributed by atoms with E-state index in [0.717, 1.165) is 6.07 Å². The van der Waals surface area contributed by atoms with E-state index in [2.05, 4.69) is 0 Å². The van der Waals surface area contributed by atoms with Crippen LogP contribution in [0.5, 0.6) is 0 Å². The maximum absolute atomic E-state index is 10.7. The molecule has 1 aromatic rings. The number of hydrogen-bond acceptors (Lipinski definition) is 3. The maximum atomic E-state index is 10.7. The van der Waals surface area contributed by atoms with Crippen molar-refractivity contribution in [3.63, 3.8) is 0 Å². The molecule has 0 atom stereocenters. The monoisotopic (exact) mass is 138 g/mol. The molecule has 0 bridgehead atoms. The largest absolute Gasteiger partial charge is 0.458 e. The summed E-state index contributed by atoms with van der Waals surface area (Å²) >= 11 is 0. The number of carbonyl (C=O) groups is 1. The molecule has 0 radical (unpaired) electrons. The highest BCUT2D eigenvalue weighted by atomic mass is 16.3. The summed E-state index contributed by atoms with van der Waals surface area (Å²) in [6.45, 7) is 1.62. The fourth-order valence-electron chi connectivity index (χ4n) is 0.685. The van der Waals surface area contributed by atoms with Crippen LogP contribution in [-0.4, -0.2) is 6.29 Å². The zero-order chi connectivity index (χ0) is 7.56. The molecule has 10 heavy (non-hydrogen) atoms. The van der Waals surface area contributed by atoms with E-state index in [1.807, 2.05) is 0 Å². The molecule has 1 heterocycles. The number of aldehydes is 1. The van der Waals surface area contributed by atoms with Crippen molar-refractivity contribution in [3.05, 3.63) is 33.9 Å². The van der Waals surface area contributed by atoms with Gasteiger partial charge in [-0.2, -0.15) is 0 Å². The third-order valence-corrected chi connectivity index (χ3v) is 1.03. The summed E-state index contributed by atoms with van der Waals surface area (Å²) in [5, 5.41) is 0. The van der Waals surface area contributed by atoms with Crippen LogP contribution in [0, 0.1) is 6.92 Å². The highest BCUT2D eigenvalue weighted by Crippen LogP contribution is 1.95. The molecule has 1 aromatic heterocycles. The maximum Gasteiger partial charge on any atom is 0.185 e. The predicted octanol–water partition coefficient (Wildman–Crippen LogP) is 0.761. The summed E-state index contributed by atoms with van der Waals surface area (Å²) in [5.41, 5.74) is -0.203. The number of carbonyl (C=O) groups excluding carboxylic acids is 1. The summed E-state index contributed by atoms with van der Waals surface area (Å²) < 4.78 is 4.84. The molecular weight excluding hydrogens is 132 g/mol. The fraction of sp³-hybridized carbons (Fsp3) is 0.143. The molecule has 0 aliphatic carbocycles. The molecule has 0 unspecified atom stereocenters. The number of hydrogen-bond donors (Lipinski definition) is 0. The molecule has 0 saturated carbocycles. The van der Waals surface area contributed by atoms with Gasteiger partial charge in [0.15, 0.2) is 17.5 Å². The van der Waals surface area contributed by atoms with E-state index in [0.29, 0.717) is 12.0 Å². The van der Waals surface area contributed by atoms with E-state index in [9.17, 15) is 9.59 Å². The Morgan fingerprint density at radius 2 is 2.20 bits per heavy atom. The van der Waals surface area contributed by atoms with E-state index in [-0.39, 0.29) is 11.2 Å². The van der Waals surface area contributed by atoms with Gasteiger partial charge in [-0.3, -0.25) is 9.59 Å². The second-order valence-electron chi connectivity index (χ2n) is 1.92. The Hall–Kier alpha value is -1.38. The quantitative estimate of drug-likeness (QED) is 0.538. The summed E-state index contributed by atoms with van der Waals surface area (Å²) in [6, 6.07) is 2.48. The van der Waals surface area contributed by atoms with E-state index in [1.54, 1.807) is 6.92 Å². The van der Waals surface area contributed by atoms with Crippen LogP contribution >= 0.6 is 0 Å². The zero-order valence-electron chi connectivity index (χ0n) is 5.46. The molecule has 0 fully saturated rings. The van der Waals surface area contributed by atoms with Gasteiger partial charge in [-0.25, -0.2) is 0 Å². The van der Waals surface area contributed by atoms with Gasteiger partial charge >= 0.3 is 0 Å². The molecule has 0 N–H and O–H groups in total. The van der Waals surface area contributed by atoms with Gasteiger partial charge in [0.25, 0.3) is 0 Å². The Bertz CT molecular complexity index is 298. The van der Waals surface area contributed by atoms with Crippen LogP contribution in [0.4, 0.5) is 0 Å². The Morgan fingerprint density at radius 3 is 2.70 bits per heavy atom. The molecule has 3 heteroatoms. The van der Waals surface area contributed by atoms with Crippen molar-refractivity contribution in [2.75, 3.05) is 0 Å². The first kappa shape index (κ1) is 6.74. The number of rotatable bonds is 1. The van der Waals surface area contributed by atoms with Crippen molar-refractivity contribution in [3.8, 4) is 0 Å². The molecule has 52 valence electrons. The first-order chi connectivity index (χ1) is 4.72. The van der Waals surface area contributed by atoms with Crippen molar-refractivity contribution in [1.82, 2.24) is 0 Å². The fourth-order valence-corrected chi connectivity index (χ4v) is 0.685. The van der Waals surface area contributed by atoms with Crippen LogP contribution in [0.15, 0.2) is 21.3 Å². The van der Waals surface area contributed by atoms with Crippen LogP contribution in [0.3, 0.4) is 0 Å². The Labute approximate surface area is 57.3 Å². The molecule has 1 rings (SSSR count). The Kier molecular flexibility index (Phi) is 1.67. The third-order valence-electron chi connectivity index (χ3n) is 1.03. The van der Waals surface area contributed by atoms with Crippen molar-refractivity contribution >= 4 is 6.29 Å². The van der Waals surface area contributed by atoms with Gasteiger partial charge in [-0.1, -0.05) is 0 Å². The SMILES string of the molecule is Cc1cc(=O)cc(C=O)o1. The molecular formula is C7H6O3. The average molecular weight is 138 g/mol. The normalized spacial score (nSPS) is 9.30. The van der Waals surface area contributed by atoms with Gasteiger partial charge in [-0.05, 0) is 6.92 Å². The van der Waals surface area contributed by atoms with Crippen molar-refractivity contribution in [2.24, 2.45) is 0 Å². The van der Waals surface area contributed by atoms with Crippen LogP contribution in [0.1, 0.15) is 16.3 Å². The lowest BCUT2D eigenvalue weighted by Crippen LogP contribution is -1.99. The Morgan fingerprint density at radius 1 is 1.50 bits per heavy atom. The van der Waals surface area contributed by atoms with E-state index < -0.39 is 0 Å². The minimum absolute atomic E-state index is 0.0741. The van der Waals surface area contributed by atoms with E-state index in [4.69, 9.17) is 4.42 Å². The molecule has 0 aromatic carbocycles. The summed E-state index contributed by atoms with van der Waals surface area (Å²) in [7, 11) is 0. The van der Waals surface area contributed by atoms with E-state index >= 15 is 0 Å². The lowest BCUT2D eigenvalue weighted by Gasteiger charge is -1.90. The topological polar surface area (TPSA) is 47.3 Å².